The van der Waals surface area contributed by atoms with Crippen LogP contribution in [-0.2, 0) is 6.54 Å². The van der Waals surface area contributed by atoms with Crippen molar-refractivity contribution in [2.24, 2.45) is 0 Å². The fraction of sp³-hybridized carbons (Fsp3) is 0.350. The molecule has 1 atom stereocenters. The number of hydrogen-bond acceptors (Lipinski definition) is 5. The molecule has 3 heterocycles. The Bertz CT molecular complexity index is 800. The first-order chi connectivity index (χ1) is 12.8. The molecule has 1 aliphatic rings. The summed E-state index contributed by atoms with van der Waals surface area (Å²) in [5.41, 5.74) is 2.46. The Morgan fingerprint density at radius 1 is 1.15 bits per heavy atom. The number of imidazole rings is 1. The average Bonchev–Trinajstić information content (AvgIpc) is 3.35. The molecule has 0 radical (unpaired) electrons. The number of likely N-dealkylation sites (N-methyl/N-ethyl adjacent to an activating group) is 1. The largest absolute Gasteiger partial charge is 0.351 e. The summed E-state index contributed by atoms with van der Waals surface area (Å²) in [6.45, 7) is 3.03. The Morgan fingerprint density at radius 3 is 2.77 bits per heavy atom. The first-order valence-electron chi connectivity index (χ1n) is 9.10. The van der Waals surface area contributed by atoms with Crippen molar-refractivity contribution in [1.82, 2.24) is 24.6 Å². The summed E-state index contributed by atoms with van der Waals surface area (Å²) in [7, 11) is 2.19. The summed E-state index contributed by atoms with van der Waals surface area (Å²) in [6.07, 6.45) is 9.74. The highest BCUT2D eigenvalue weighted by Crippen LogP contribution is 2.24. The molecule has 2 aromatic heterocycles. The lowest BCUT2D eigenvalue weighted by molar-refractivity contribution is 0.303. The van der Waals surface area contributed by atoms with Crippen molar-refractivity contribution < 1.29 is 0 Å². The number of nitrogens with zero attached hydrogens (tertiary/aromatic N) is 6. The Hall–Kier alpha value is -2.73. The Morgan fingerprint density at radius 2 is 2.04 bits per heavy atom. The summed E-state index contributed by atoms with van der Waals surface area (Å²) in [5, 5.41) is 8.31. The van der Waals surface area contributed by atoms with Gasteiger partial charge in [-0.25, -0.2) is 4.98 Å². The second-order valence-corrected chi connectivity index (χ2v) is 6.90. The van der Waals surface area contributed by atoms with Crippen LogP contribution in [0.25, 0.3) is 5.69 Å². The van der Waals surface area contributed by atoms with E-state index in [4.69, 9.17) is 0 Å². The minimum absolute atomic E-state index is 0.502. The maximum atomic E-state index is 4.29. The van der Waals surface area contributed by atoms with E-state index >= 15 is 0 Å². The van der Waals surface area contributed by atoms with Gasteiger partial charge in [-0.15, -0.1) is 5.10 Å². The normalized spacial score (nSPS) is 17.2. The van der Waals surface area contributed by atoms with Crippen LogP contribution in [0, 0.1) is 0 Å². The lowest BCUT2D eigenvalue weighted by Crippen LogP contribution is -2.39. The van der Waals surface area contributed by atoms with Gasteiger partial charge in [0.15, 0.2) is 5.82 Å². The Kier molecular flexibility index (Phi) is 4.93. The SMILES string of the molecule is CN(Cc1ccc(-n2ccnc2)cc1)CC1CCCN1c1cccnn1. The highest BCUT2D eigenvalue weighted by Gasteiger charge is 2.26. The van der Waals surface area contributed by atoms with E-state index in [1.807, 2.05) is 23.2 Å². The summed E-state index contributed by atoms with van der Waals surface area (Å²) < 4.78 is 2.02. The van der Waals surface area contributed by atoms with Crippen LogP contribution in [0.2, 0.25) is 0 Å². The number of aromatic nitrogens is 4. The van der Waals surface area contributed by atoms with Crippen LogP contribution in [-0.4, -0.2) is 50.8 Å². The van der Waals surface area contributed by atoms with Gasteiger partial charge in [0.05, 0.1) is 6.33 Å². The zero-order valence-corrected chi connectivity index (χ0v) is 15.1. The van der Waals surface area contributed by atoms with Gasteiger partial charge in [-0.2, -0.15) is 5.10 Å². The van der Waals surface area contributed by atoms with Gasteiger partial charge in [0.1, 0.15) is 0 Å². The van der Waals surface area contributed by atoms with Crippen molar-refractivity contribution in [1.29, 1.82) is 0 Å². The van der Waals surface area contributed by atoms with Gasteiger partial charge >= 0.3 is 0 Å². The molecule has 1 saturated heterocycles. The van der Waals surface area contributed by atoms with E-state index < -0.39 is 0 Å². The first-order valence-corrected chi connectivity index (χ1v) is 9.10. The Labute approximate surface area is 154 Å². The summed E-state index contributed by atoms with van der Waals surface area (Å²) in [6, 6.07) is 13.2. The molecular formula is C20H24N6. The average molecular weight is 348 g/mol. The van der Waals surface area contributed by atoms with E-state index in [1.165, 1.54) is 18.4 Å². The van der Waals surface area contributed by atoms with Crippen LogP contribution in [0.15, 0.2) is 61.3 Å². The van der Waals surface area contributed by atoms with Crippen molar-refractivity contribution >= 4 is 5.82 Å². The lowest BCUT2D eigenvalue weighted by Gasteiger charge is -2.29. The first kappa shape index (κ1) is 16.7. The summed E-state index contributed by atoms with van der Waals surface area (Å²) in [5.74, 6) is 0.994. The lowest BCUT2D eigenvalue weighted by atomic mass is 10.1. The van der Waals surface area contributed by atoms with Crippen molar-refractivity contribution in [3.05, 3.63) is 66.9 Å². The third-order valence-corrected chi connectivity index (χ3v) is 4.94. The second kappa shape index (κ2) is 7.66. The molecule has 1 unspecified atom stereocenters. The third-order valence-electron chi connectivity index (χ3n) is 4.94. The fourth-order valence-electron chi connectivity index (χ4n) is 3.70. The molecule has 0 saturated carbocycles. The van der Waals surface area contributed by atoms with Gasteiger partial charge < -0.3 is 14.4 Å². The monoisotopic (exact) mass is 348 g/mol. The molecule has 1 aliphatic heterocycles. The van der Waals surface area contributed by atoms with Crippen LogP contribution in [0.1, 0.15) is 18.4 Å². The van der Waals surface area contributed by atoms with Crippen LogP contribution >= 0.6 is 0 Å². The minimum atomic E-state index is 0.502. The van der Waals surface area contributed by atoms with E-state index in [1.54, 1.807) is 12.4 Å². The van der Waals surface area contributed by atoms with Gasteiger partial charge in [-0.05, 0) is 49.7 Å². The van der Waals surface area contributed by atoms with Gasteiger partial charge in [0.25, 0.3) is 0 Å². The summed E-state index contributed by atoms with van der Waals surface area (Å²) >= 11 is 0. The molecule has 0 spiro atoms. The van der Waals surface area contributed by atoms with Crippen LogP contribution in [0.5, 0.6) is 0 Å². The fourth-order valence-corrected chi connectivity index (χ4v) is 3.70. The van der Waals surface area contributed by atoms with Crippen molar-refractivity contribution in [3.63, 3.8) is 0 Å². The molecule has 4 rings (SSSR count). The maximum Gasteiger partial charge on any atom is 0.151 e. The molecule has 6 nitrogen and oxygen atoms in total. The summed E-state index contributed by atoms with van der Waals surface area (Å²) in [4.78, 5) is 8.89. The molecule has 0 bridgehead atoms. The molecule has 6 heteroatoms. The molecule has 0 N–H and O–H groups in total. The van der Waals surface area contributed by atoms with Crippen LogP contribution in [0.3, 0.4) is 0 Å². The zero-order valence-electron chi connectivity index (χ0n) is 15.1. The topological polar surface area (TPSA) is 50.1 Å². The molecule has 0 amide bonds. The predicted octanol–water partition coefficient (Wildman–Crippen LogP) is 2.76. The van der Waals surface area contributed by atoms with Crippen molar-refractivity contribution in [2.45, 2.75) is 25.4 Å². The molecule has 1 aromatic carbocycles. The quantitative estimate of drug-likeness (QED) is 0.686. The Balaban J connectivity index is 1.37. The molecule has 1 fully saturated rings. The second-order valence-electron chi connectivity index (χ2n) is 6.90. The number of rotatable bonds is 6. The molecule has 0 aliphatic carbocycles. The standard InChI is InChI=1S/C20H24N6/c1-24(14-17-6-8-18(9-7-17)25-13-11-21-16-25)15-19-4-3-12-26(19)20-5-2-10-22-23-20/h2,5-11,13,16,19H,3-4,12,14-15H2,1H3. The predicted molar refractivity (Wildman–Crippen MR) is 102 cm³/mol. The van der Waals surface area contributed by atoms with E-state index in [2.05, 4.69) is 62.4 Å². The van der Waals surface area contributed by atoms with E-state index in [-0.39, 0.29) is 0 Å². The molecule has 26 heavy (non-hydrogen) atoms. The molecule has 134 valence electrons. The third kappa shape index (κ3) is 3.75. The minimum Gasteiger partial charge on any atom is -0.351 e. The zero-order chi connectivity index (χ0) is 17.8. The van der Waals surface area contributed by atoms with Crippen molar-refractivity contribution in [3.8, 4) is 5.69 Å². The van der Waals surface area contributed by atoms with E-state index in [0.717, 1.165) is 31.1 Å². The van der Waals surface area contributed by atoms with Gasteiger partial charge in [-0.3, -0.25) is 0 Å². The van der Waals surface area contributed by atoms with Gasteiger partial charge in [-0.1, -0.05) is 12.1 Å². The highest BCUT2D eigenvalue weighted by molar-refractivity contribution is 5.39. The van der Waals surface area contributed by atoms with E-state index in [0.29, 0.717) is 6.04 Å². The number of anilines is 1. The van der Waals surface area contributed by atoms with Crippen LogP contribution < -0.4 is 4.90 Å². The van der Waals surface area contributed by atoms with Gasteiger partial charge in [0.2, 0.25) is 0 Å². The highest BCUT2D eigenvalue weighted by atomic mass is 15.3. The maximum absolute atomic E-state index is 4.29. The number of hydrogen-bond donors (Lipinski definition) is 0. The van der Waals surface area contributed by atoms with Crippen LogP contribution in [0.4, 0.5) is 5.82 Å². The van der Waals surface area contributed by atoms with E-state index in [9.17, 15) is 0 Å². The van der Waals surface area contributed by atoms with Gasteiger partial charge in [0, 0.05) is 50.0 Å². The number of benzene rings is 1. The smallest absolute Gasteiger partial charge is 0.151 e. The molecule has 3 aromatic rings. The van der Waals surface area contributed by atoms with Crippen molar-refractivity contribution in [2.75, 3.05) is 25.0 Å². The molecular weight excluding hydrogens is 324 g/mol.